The molecule has 1 aromatic heterocycles. The van der Waals surface area contributed by atoms with Crippen LogP contribution in [0.5, 0.6) is 0 Å². The quantitative estimate of drug-likeness (QED) is 0.272. The Morgan fingerprint density at radius 3 is 2.35 bits per heavy atom. The number of rotatable bonds is 8. The lowest BCUT2D eigenvalue weighted by atomic mass is 10.2. The molecule has 1 aliphatic heterocycles. The summed E-state index contributed by atoms with van der Waals surface area (Å²) >= 11 is 1.50. The monoisotopic (exact) mass is 514 g/mol. The van der Waals surface area contributed by atoms with Crippen molar-refractivity contribution in [3.63, 3.8) is 0 Å². The average molecular weight is 515 g/mol. The molecular weight excluding hydrogens is 482 g/mol. The number of aromatic nitrogens is 2. The van der Waals surface area contributed by atoms with Crippen molar-refractivity contribution in [3.05, 3.63) is 84.4 Å². The Morgan fingerprint density at radius 2 is 1.62 bits per heavy atom. The van der Waals surface area contributed by atoms with E-state index in [1.165, 1.54) is 17.3 Å². The first-order valence-corrected chi connectivity index (χ1v) is 13.7. The van der Waals surface area contributed by atoms with Crippen molar-refractivity contribution in [1.29, 1.82) is 0 Å². The predicted octanol–water partition coefficient (Wildman–Crippen LogP) is 4.29. The summed E-state index contributed by atoms with van der Waals surface area (Å²) in [6, 6.07) is 26.5. The molecule has 7 nitrogen and oxygen atoms in total. The molecule has 0 radical (unpaired) electrons. The van der Waals surface area contributed by atoms with Crippen LogP contribution in [0, 0.1) is 0 Å². The third-order valence-corrected chi connectivity index (χ3v) is 7.66. The zero-order chi connectivity index (χ0) is 25.6. The molecule has 0 bridgehead atoms. The maximum atomic E-state index is 12.8. The molecule has 0 atom stereocenters. The molecule has 8 heteroatoms. The SMILES string of the molecule is CCC(=O)N1CCN(c2ccc(NC(=O)CSc3[nH]c4ccccc4[n+]3Cc3ccccc3)cc2)CC1. The van der Waals surface area contributed by atoms with Crippen LogP contribution in [0.4, 0.5) is 11.4 Å². The van der Waals surface area contributed by atoms with Crippen LogP contribution in [-0.4, -0.2) is 53.6 Å². The van der Waals surface area contributed by atoms with E-state index < -0.39 is 0 Å². The first-order valence-electron chi connectivity index (χ1n) is 12.7. The number of amides is 2. The Labute approximate surface area is 221 Å². The Morgan fingerprint density at radius 1 is 0.919 bits per heavy atom. The molecule has 1 fully saturated rings. The third-order valence-electron chi connectivity index (χ3n) is 6.66. The van der Waals surface area contributed by atoms with Gasteiger partial charge in [-0.15, -0.1) is 0 Å². The molecule has 1 aliphatic rings. The highest BCUT2D eigenvalue weighted by Crippen LogP contribution is 2.22. The minimum Gasteiger partial charge on any atom is -0.368 e. The van der Waals surface area contributed by atoms with Gasteiger partial charge >= 0.3 is 5.16 Å². The van der Waals surface area contributed by atoms with Crippen LogP contribution >= 0.6 is 11.8 Å². The summed E-state index contributed by atoms with van der Waals surface area (Å²) in [7, 11) is 0. The Hall–Kier alpha value is -3.78. The zero-order valence-electron chi connectivity index (χ0n) is 21.0. The van der Waals surface area contributed by atoms with Crippen molar-refractivity contribution in [2.75, 3.05) is 42.1 Å². The highest BCUT2D eigenvalue weighted by Gasteiger charge is 2.21. The van der Waals surface area contributed by atoms with E-state index in [-0.39, 0.29) is 11.8 Å². The number of thioether (sulfide) groups is 1. The number of carbonyl (C=O) groups excluding carboxylic acids is 2. The van der Waals surface area contributed by atoms with E-state index in [1.54, 1.807) is 0 Å². The fourth-order valence-electron chi connectivity index (χ4n) is 4.67. The van der Waals surface area contributed by atoms with Crippen molar-refractivity contribution >= 4 is 46.0 Å². The van der Waals surface area contributed by atoms with Crippen LogP contribution < -0.4 is 14.8 Å². The summed E-state index contributed by atoms with van der Waals surface area (Å²) < 4.78 is 2.23. The van der Waals surface area contributed by atoms with Crippen molar-refractivity contribution in [2.24, 2.45) is 0 Å². The van der Waals surface area contributed by atoms with Gasteiger partial charge < -0.3 is 15.1 Å². The molecule has 4 aromatic rings. The number of fused-ring (bicyclic) bond motifs is 1. The minimum absolute atomic E-state index is 0.0469. The number of para-hydroxylation sites is 2. The molecule has 3 aromatic carbocycles. The number of nitrogens with one attached hydrogen (secondary N) is 2. The van der Waals surface area contributed by atoms with E-state index in [9.17, 15) is 9.59 Å². The second kappa shape index (κ2) is 11.5. The van der Waals surface area contributed by atoms with Gasteiger partial charge in [-0.2, -0.15) is 0 Å². The van der Waals surface area contributed by atoms with E-state index >= 15 is 0 Å². The normalized spacial score (nSPS) is 13.6. The Kier molecular flexibility index (Phi) is 7.75. The van der Waals surface area contributed by atoms with Gasteiger partial charge in [-0.1, -0.05) is 49.4 Å². The van der Waals surface area contributed by atoms with Gasteiger partial charge in [0.15, 0.2) is 11.0 Å². The highest BCUT2D eigenvalue weighted by molar-refractivity contribution is 7.99. The van der Waals surface area contributed by atoms with Crippen LogP contribution in [0.2, 0.25) is 0 Å². The van der Waals surface area contributed by atoms with E-state index in [0.29, 0.717) is 12.2 Å². The van der Waals surface area contributed by atoms with Crippen molar-refractivity contribution in [2.45, 2.75) is 25.0 Å². The summed E-state index contributed by atoms with van der Waals surface area (Å²) in [6.07, 6.45) is 0.556. The summed E-state index contributed by atoms with van der Waals surface area (Å²) in [5.74, 6) is 0.472. The van der Waals surface area contributed by atoms with Gasteiger partial charge in [-0.05, 0) is 53.7 Å². The van der Waals surface area contributed by atoms with Crippen LogP contribution in [0.15, 0.2) is 84.0 Å². The minimum atomic E-state index is -0.0469. The third kappa shape index (κ3) is 5.97. The predicted molar refractivity (Wildman–Crippen MR) is 149 cm³/mol. The number of imidazole rings is 1. The molecule has 0 unspecified atom stereocenters. The number of nitrogens with zero attached hydrogens (tertiary/aromatic N) is 3. The zero-order valence-corrected chi connectivity index (χ0v) is 21.8. The van der Waals surface area contributed by atoms with Gasteiger partial charge in [0.2, 0.25) is 11.8 Å². The fraction of sp³-hybridized carbons (Fsp3) is 0.276. The number of H-pyrrole nitrogens is 1. The lowest BCUT2D eigenvalue weighted by Crippen LogP contribution is -2.48. The molecule has 2 heterocycles. The van der Waals surface area contributed by atoms with Crippen molar-refractivity contribution in [1.82, 2.24) is 9.88 Å². The molecule has 1 saturated heterocycles. The number of aromatic amines is 1. The lowest BCUT2D eigenvalue weighted by molar-refractivity contribution is -0.700. The topological polar surface area (TPSA) is 72.3 Å². The second-order valence-corrected chi connectivity index (χ2v) is 10.1. The van der Waals surface area contributed by atoms with E-state index in [4.69, 9.17) is 0 Å². The van der Waals surface area contributed by atoms with Gasteiger partial charge in [0, 0.05) is 44.0 Å². The fourth-order valence-corrected chi connectivity index (χ4v) is 5.51. The van der Waals surface area contributed by atoms with Crippen LogP contribution in [-0.2, 0) is 16.1 Å². The molecule has 190 valence electrons. The molecule has 0 aliphatic carbocycles. The van der Waals surface area contributed by atoms with Gasteiger partial charge in [-0.25, -0.2) is 9.55 Å². The van der Waals surface area contributed by atoms with Gasteiger partial charge in [0.05, 0.1) is 5.75 Å². The average Bonchev–Trinajstić information content (AvgIpc) is 3.29. The molecule has 2 amide bonds. The second-order valence-electron chi connectivity index (χ2n) is 9.12. The van der Waals surface area contributed by atoms with Gasteiger partial charge in [-0.3, -0.25) is 9.59 Å². The molecular formula is C29H32N5O2S+. The molecule has 37 heavy (non-hydrogen) atoms. The van der Waals surface area contributed by atoms with Crippen LogP contribution in [0.1, 0.15) is 18.9 Å². The van der Waals surface area contributed by atoms with E-state index in [2.05, 4.69) is 44.0 Å². The Balaban J connectivity index is 1.19. The number of anilines is 2. The van der Waals surface area contributed by atoms with E-state index in [0.717, 1.165) is 60.3 Å². The molecule has 0 saturated carbocycles. The van der Waals surface area contributed by atoms with Crippen LogP contribution in [0.3, 0.4) is 0 Å². The summed E-state index contributed by atoms with van der Waals surface area (Å²) in [5.41, 5.74) is 5.27. The summed E-state index contributed by atoms with van der Waals surface area (Å²) in [5, 5.41) is 3.98. The van der Waals surface area contributed by atoms with Crippen LogP contribution in [0.25, 0.3) is 11.0 Å². The maximum absolute atomic E-state index is 12.8. The number of piperazine rings is 1. The van der Waals surface area contributed by atoms with Gasteiger partial charge in [0.25, 0.3) is 0 Å². The highest BCUT2D eigenvalue weighted by atomic mass is 32.2. The molecule has 5 rings (SSSR count). The number of hydrogen-bond donors (Lipinski definition) is 2. The lowest BCUT2D eigenvalue weighted by Gasteiger charge is -2.36. The largest absolute Gasteiger partial charge is 0.368 e. The summed E-state index contributed by atoms with van der Waals surface area (Å²) in [4.78, 5) is 32.4. The van der Waals surface area contributed by atoms with Crippen molar-refractivity contribution < 1.29 is 14.2 Å². The Bertz CT molecular complexity index is 1360. The first-order chi connectivity index (χ1) is 18.1. The van der Waals surface area contributed by atoms with Crippen molar-refractivity contribution in [3.8, 4) is 0 Å². The summed E-state index contributed by atoms with van der Waals surface area (Å²) in [6.45, 7) is 5.78. The molecule has 2 N–H and O–H groups in total. The standard InChI is InChI=1S/C29H31N5O2S/c1-2-28(36)33-18-16-32(17-19-33)24-14-12-23(13-15-24)30-27(35)21-37-29-31-25-10-6-7-11-26(25)34(29)20-22-8-4-3-5-9-22/h3-15H,2,16-21H2,1H3,(H,30,35)/p+1. The van der Waals surface area contributed by atoms with E-state index in [1.807, 2.05) is 66.4 Å². The number of carbonyl (C=O) groups is 2. The van der Waals surface area contributed by atoms with Gasteiger partial charge in [0.1, 0.15) is 6.54 Å². The number of hydrogen-bond acceptors (Lipinski definition) is 4. The molecule has 0 spiro atoms. The smallest absolute Gasteiger partial charge is 0.317 e. The maximum Gasteiger partial charge on any atom is 0.317 e. The first kappa shape index (κ1) is 24.9. The number of benzene rings is 3.